The Morgan fingerprint density at radius 3 is 2.56 bits per heavy atom. The number of aliphatic carboxylic acids is 1. The number of carboxylic acids is 1. The summed E-state index contributed by atoms with van der Waals surface area (Å²) in [5.74, 6) is -2.92. The zero-order valence-electron chi connectivity index (χ0n) is 19.2. The van der Waals surface area contributed by atoms with E-state index in [1.165, 1.54) is 18.7 Å². The number of H-pyrrole nitrogens is 1. The van der Waals surface area contributed by atoms with E-state index < -0.39 is 54.0 Å². The van der Waals surface area contributed by atoms with Crippen molar-refractivity contribution >= 4 is 34.6 Å². The number of nitrogens with zero attached hydrogens (tertiary/aromatic N) is 1. The van der Waals surface area contributed by atoms with E-state index in [2.05, 4.69) is 15.6 Å². The van der Waals surface area contributed by atoms with Crippen molar-refractivity contribution in [3.05, 3.63) is 36.0 Å². The number of fused-ring (bicyclic) bond motifs is 1. The number of hydrogen-bond acceptors (Lipinski definition) is 6. The van der Waals surface area contributed by atoms with E-state index in [0.29, 0.717) is 19.4 Å². The first kappa shape index (κ1) is 25.2. The van der Waals surface area contributed by atoms with Crippen LogP contribution in [0.3, 0.4) is 0 Å². The average molecular weight is 474 g/mol. The number of para-hydroxylation sites is 1. The second kappa shape index (κ2) is 10.7. The van der Waals surface area contributed by atoms with E-state index >= 15 is 0 Å². The molecule has 1 aliphatic heterocycles. The minimum absolute atomic E-state index is 0.108. The molecule has 11 nitrogen and oxygen atoms in total. The molecule has 3 rings (SSSR count). The average Bonchev–Trinajstić information content (AvgIpc) is 3.45. The van der Waals surface area contributed by atoms with Crippen LogP contribution >= 0.6 is 0 Å². The monoisotopic (exact) mass is 473 g/mol. The van der Waals surface area contributed by atoms with Gasteiger partial charge in [-0.3, -0.25) is 14.4 Å². The van der Waals surface area contributed by atoms with Gasteiger partial charge in [-0.05, 0) is 38.3 Å². The number of amides is 3. The Morgan fingerprint density at radius 2 is 1.88 bits per heavy atom. The smallest absolute Gasteiger partial charge is 0.326 e. The van der Waals surface area contributed by atoms with Crippen LogP contribution in [0.1, 0.15) is 32.3 Å². The lowest BCUT2D eigenvalue weighted by atomic mass is 10.0. The lowest BCUT2D eigenvalue weighted by Gasteiger charge is -2.27. The molecular weight excluding hydrogens is 442 g/mol. The zero-order valence-corrected chi connectivity index (χ0v) is 19.2. The van der Waals surface area contributed by atoms with Gasteiger partial charge < -0.3 is 36.5 Å². The Bertz CT molecular complexity index is 1070. The number of aliphatic hydroxyl groups is 1. The number of nitrogens with two attached hydrogens (primary N) is 1. The molecule has 7 N–H and O–H groups in total. The van der Waals surface area contributed by atoms with Crippen molar-refractivity contribution < 1.29 is 29.4 Å². The lowest BCUT2D eigenvalue weighted by Crippen LogP contribution is -2.58. The van der Waals surface area contributed by atoms with E-state index in [-0.39, 0.29) is 6.42 Å². The first-order valence-electron chi connectivity index (χ1n) is 11.2. The molecule has 2 aromatic rings. The fraction of sp³-hybridized carbons (Fsp3) is 0.478. The van der Waals surface area contributed by atoms with Gasteiger partial charge in [0, 0.05) is 30.1 Å². The first-order valence-corrected chi connectivity index (χ1v) is 11.2. The number of carbonyl (C=O) groups is 4. The first-order chi connectivity index (χ1) is 16.1. The highest BCUT2D eigenvalue weighted by Crippen LogP contribution is 2.20. The minimum atomic E-state index is -1.24. The Hall–Kier alpha value is -3.44. The molecule has 0 spiro atoms. The lowest BCUT2D eigenvalue weighted by molar-refractivity contribution is -0.149. The van der Waals surface area contributed by atoms with Crippen molar-refractivity contribution in [2.45, 2.75) is 63.4 Å². The number of likely N-dealkylation sites (tertiary alicyclic amines) is 1. The van der Waals surface area contributed by atoms with Gasteiger partial charge in [0.25, 0.3) is 0 Å². The molecule has 1 fully saturated rings. The van der Waals surface area contributed by atoms with Crippen LogP contribution < -0.4 is 16.4 Å². The summed E-state index contributed by atoms with van der Waals surface area (Å²) in [5, 5.41) is 25.1. The van der Waals surface area contributed by atoms with E-state index in [9.17, 15) is 29.4 Å². The van der Waals surface area contributed by atoms with Crippen LogP contribution in [0.2, 0.25) is 0 Å². The number of aliphatic hydroxyl groups excluding tert-OH is 1. The summed E-state index contributed by atoms with van der Waals surface area (Å²) in [6, 6.07) is 3.24. The molecule has 184 valence electrons. The van der Waals surface area contributed by atoms with Gasteiger partial charge in [0.1, 0.15) is 24.2 Å². The number of aromatic nitrogens is 1. The van der Waals surface area contributed by atoms with Crippen molar-refractivity contribution in [1.82, 2.24) is 20.5 Å². The Balaban J connectivity index is 1.77. The third kappa shape index (κ3) is 5.54. The predicted molar refractivity (Wildman–Crippen MR) is 124 cm³/mol. The van der Waals surface area contributed by atoms with Gasteiger partial charge in [-0.25, -0.2) is 4.79 Å². The molecule has 11 heteroatoms. The summed E-state index contributed by atoms with van der Waals surface area (Å²) in [7, 11) is 0. The summed E-state index contributed by atoms with van der Waals surface area (Å²) in [6.07, 6.45) is 1.65. The third-order valence-corrected chi connectivity index (χ3v) is 6.10. The number of carbonyl (C=O) groups excluding carboxylic acids is 3. The second-order valence-corrected chi connectivity index (χ2v) is 8.65. The van der Waals surface area contributed by atoms with Gasteiger partial charge in [-0.2, -0.15) is 0 Å². The summed E-state index contributed by atoms with van der Waals surface area (Å²) < 4.78 is 0. The quantitative estimate of drug-likeness (QED) is 0.284. The molecule has 3 amide bonds. The normalized spacial score (nSPS) is 19.3. The fourth-order valence-corrected chi connectivity index (χ4v) is 4.13. The Morgan fingerprint density at radius 1 is 1.18 bits per heavy atom. The SMILES string of the molecule is CC(NC(=O)C(Cc1c[nH]c2ccccc12)NC(=O)C(N)C(C)O)C(=O)N1CCCC1C(=O)O. The third-order valence-electron chi connectivity index (χ3n) is 6.10. The molecule has 5 atom stereocenters. The summed E-state index contributed by atoms with van der Waals surface area (Å²) in [4.78, 5) is 54.3. The molecule has 34 heavy (non-hydrogen) atoms. The number of rotatable bonds is 9. The maximum Gasteiger partial charge on any atom is 0.326 e. The van der Waals surface area contributed by atoms with Crippen LogP contribution in [0, 0.1) is 0 Å². The maximum atomic E-state index is 13.2. The number of carboxylic acid groups (broad SMARTS) is 1. The second-order valence-electron chi connectivity index (χ2n) is 8.65. The van der Waals surface area contributed by atoms with E-state index in [1.54, 1.807) is 6.20 Å². The van der Waals surface area contributed by atoms with Crippen molar-refractivity contribution in [2.75, 3.05) is 6.54 Å². The van der Waals surface area contributed by atoms with Crippen molar-refractivity contribution in [1.29, 1.82) is 0 Å². The minimum Gasteiger partial charge on any atom is -0.480 e. The highest BCUT2D eigenvalue weighted by molar-refractivity contribution is 5.95. The summed E-state index contributed by atoms with van der Waals surface area (Å²) in [5.41, 5.74) is 7.36. The van der Waals surface area contributed by atoms with Crippen LogP contribution in [0.25, 0.3) is 10.9 Å². The van der Waals surface area contributed by atoms with Gasteiger partial charge in [0.2, 0.25) is 17.7 Å². The van der Waals surface area contributed by atoms with Gasteiger partial charge in [0.15, 0.2) is 0 Å². The molecule has 0 aliphatic carbocycles. The molecule has 0 saturated carbocycles. The van der Waals surface area contributed by atoms with Gasteiger partial charge in [-0.15, -0.1) is 0 Å². The van der Waals surface area contributed by atoms with Crippen molar-refractivity contribution in [3.63, 3.8) is 0 Å². The maximum absolute atomic E-state index is 13.2. The Kier molecular flexibility index (Phi) is 7.90. The van der Waals surface area contributed by atoms with Crippen LogP contribution in [0.5, 0.6) is 0 Å². The molecule has 5 unspecified atom stereocenters. The van der Waals surface area contributed by atoms with Crippen LogP contribution in [0.15, 0.2) is 30.5 Å². The topological polar surface area (TPSA) is 178 Å². The van der Waals surface area contributed by atoms with Gasteiger partial charge in [0.05, 0.1) is 6.10 Å². The van der Waals surface area contributed by atoms with Crippen LogP contribution in [-0.4, -0.2) is 80.6 Å². The molecule has 1 aromatic carbocycles. The van der Waals surface area contributed by atoms with E-state index in [1.807, 2.05) is 24.3 Å². The largest absolute Gasteiger partial charge is 0.480 e. The fourth-order valence-electron chi connectivity index (χ4n) is 4.13. The molecule has 1 saturated heterocycles. The molecular formula is C23H31N5O6. The van der Waals surface area contributed by atoms with Crippen molar-refractivity contribution in [2.24, 2.45) is 5.73 Å². The summed E-state index contributed by atoms with van der Waals surface area (Å²) in [6.45, 7) is 3.15. The summed E-state index contributed by atoms with van der Waals surface area (Å²) >= 11 is 0. The van der Waals surface area contributed by atoms with E-state index in [0.717, 1.165) is 16.5 Å². The van der Waals surface area contributed by atoms with Gasteiger partial charge >= 0.3 is 5.97 Å². The van der Waals surface area contributed by atoms with E-state index in [4.69, 9.17) is 5.73 Å². The number of aromatic amines is 1. The van der Waals surface area contributed by atoms with Crippen molar-refractivity contribution in [3.8, 4) is 0 Å². The van der Waals surface area contributed by atoms with Crippen LogP contribution in [-0.2, 0) is 25.6 Å². The molecule has 0 bridgehead atoms. The van der Waals surface area contributed by atoms with Gasteiger partial charge in [-0.1, -0.05) is 18.2 Å². The number of nitrogens with one attached hydrogen (secondary N) is 3. The molecule has 1 aliphatic rings. The standard InChI is InChI=1S/C23H31N5O6/c1-12(22(32)28-9-5-8-18(28)23(33)34)26-20(30)17(27-21(31)19(24)13(2)29)10-14-11-25-16-7-4-3-6-15(14)16/h3-4,6-7,11-13,17-19,25,29H,5,8-10,24H2,1-2H3,(H,26,30)(H,27,31)(H,33,34). The highest BCUT2D eigenvalue weighted by atomic mass is 16.4. The number of benzene rings is 1. The zero-order chi connectivity index (χ0) is 25.0. The number of hydrogen-bond donors (Lipinski definition) is 6. The van der Waals surface area contributed by atoms with Crippen LogP contribution in [0.4, 0.5) is 0 Å². The predicted octanol–water partition coefficient (Wildman–Crippen LogP) is -0.516. The molecule has 1 aromatic heterocycles. The Labute approximate surface area is 196 Å². The highest BCUT2D eigenvalue weighted by Gasteiger charge is 2.37. The molecule has 2 heterocycles. The molecule has 0 radical (unpaired) electrons.